The van der Waals surface area contributed by atoms with Crippen molar-refractivity contribution >= 4 is 39.9 Å². The minimum Gasteiger partial charge on any atom is -0.490 e. The smallest absolute Gasteiger partial charge is 0.175 e. The number of hydrogen-bond acceptors (Lipinski definition) is 4. The first-order chi connectivity index (χ1) is 12.0. The Labute approximate surface area is 174 Å². The van der Waals surface area contributed by atoms with E-state index in [4.69, 9.17) is 21.1 Å². The lowest BCUT2D eigenvalue weighted by Crippen LogP contribution is -2.23. The second kappa shape index (κ2) is 11.7. The summed E-state index contributed by atoms with van der Waals surface area (Å²) in [6, 6.07) is 11.5. The predicted octanol–water partition coefficient (Wildman–Crippen LogP) is 4.97. The Hall–Kier alpha value is -0.980. The minimum atomic E-state index is -0.381. The van der Waals surface area contributed by atoms with Crippen LogP contribution in [0, 0.1) is 0 Å². The Balaban J connectivity index is 0.00000338. The van der Waals surface area contributed by atoms with Gasteiger partial charge in [-0.05, 0) is 53.5 Å². The van der Waals surface area contributed by atoms with Crippen molar-refractivity contribution in [2.24, 2.45) is 0 Å². The van der Waals surface area contributed by atoms with Gasteiger partial charge in [-0.3, -0.25) is 0 Å². The molecule has 144 valence electrons. The quantitative estimate of drug-likeness (QED) is 0.549. The molecule has 2 aromatic carbocycles. The molecular weight excluding hydrogens is 441 g/mol. The van der Waals surface area contributed by atoms with Crippen LogP contribution in [-0.4, -0.2) is 24.4 Å². The summed E-state index contributed by atoms with van der Waals surface area (Å²) in [4.78, 5) is 0. The maximum atomic E-state index is 9.34. The molecule has 0 radical (unpaired) electrons. The van der Waals surface area contributed by atoms with E-state index < -0.39 is 0 Å². The van der Waals surface area contributed by atoms with E-state index in [9.17, 15) is 5.11 Å². The molecule has 0 amide bonds. The SMILES string of the molecule is CCOc1cc(CNCC(C)O)cc(Br)c1OCc1ccccc1Cl.Cl. The molecule has 0 fully saturated rings. The van der Waals surface area contributed by atoms with Crippen molar-refractivity contribution in [3.8, 4) is 11.5 Å². The monoisotopic (exact) mass is 463 g/mol. The molecule has 1 atom stereocenters. The summed E-state index contributed by atoms with van der Waals surface area (Å²) in [6.07, 6.45) is -0.381. The highest BCUT2D eigenvalue weighted by Crippen LogP contribution is 2.37. The van der Waals surface area contributed by atoms with Gasteiger partial charge in [0.25, 0.3) is 0 Å². The van der Waals surface area contributed by atoms with Crippen molar-refractivity contribution in [3.05, 3.63) is 57.0 Å². The molecule has 1 unspecified atom stereocenters. The second-order valence-electron chi connectivity index (χ2n) is 5.70. The number of aliphatic hydroxyl groups is 1. The fourth-order valence-electron chi connectivity index (χ4n) is 2.32. The lowest BCUT2D eigenvalue weighted by molar-refractivity contribution is 0.191. The third kappa shape index (κ3) is 6.97. The summed E-state index contributed by atoms with van der Waals surface area (Å²) in [5.41, 5.74) is 1.96. The van der Waals surface area contributed by atoms with Crippen LogP contribution in [-0.2, 0) is 13.2 Å². The van der Waals surface area contributed by atoms with Crippen LogP contribution >= 0.6 is 39.9 Å². The van der Waals surface area contributed by atoms with Gasteiger partial charge in [-0.15, -0.1) is 12.4 Å². The first kappa shape index (κ1) is 23.1. The highest BCUT2D eigenvalue weighted by molar-refractivity contribution is 9.10. The third-order valence-electron chi connectivity index (χ3n) is 3.47. The number of rotatable bonds is 9. The number of ether oxygens (including phenoxy) is 2. The first-order valence-electron chi connectivity index (χ1n) is 8.21. The standard InChI is InChI=1S/C19H23BrClNO3.ClH/c1-3-24-18-9-14(11-22-10-13(2)23)8-16(20)19(18)25-12-15-6-4-5-7-17(15)21;/h4-9,13,22-23H,3,10-12H2,1-2H3;1H. The Kier molecular flexibility index (Phi) is 10.4. The zero-order chi connectivity index (χ0) is 18.2. The Morgan fingerprint density at radius 1 is 1.23 bits per heavy atom. The van der Waals surface area contributed by atoms with Gasteiger partial charge in [-0.1, -0.05) is 29.8 Å². The van der Waals surface area contributed by atoms with Gasteiger partial charge in [0.2, 0.25) is 0 Å². The van der Waals surface area contributed by atoms with E-state index in [0.717, 1.165) is 15.6 Å². The van der Waals surface area contributed by atoms with Gasteiger partial charge in [0, 0.05) is 23.7 Å². The molecule has 2 N–H and O–H groups in total. The average Bonchev–Trinajstić information content (AvgIpc) is 2.55. The van der Waals surface area contributed by atoms with Crippen molar-refractivity contribution in [2.45, 2.75) is 33.1 Å². The van der Waals surface area contributed by atoms with E-state index in [1.54, 1.807) is 6.92 Å². The van der Waals surface area contributed by atoms with E-state index in [0.29, 0.717) is 42.8 Å². The molecule has 2 aromatic rings. The third-order valence-corrected chi connectivity index (χ3v) is 4.43. The van der Waals surface area contributed by atoms with Crippen LogP contribution in [0.5, 0.6) is 11.5 Å². The van der Waals surface area contributed by atoms with Gasteiger partial charge in [0.1, 0.15) is 6.61 Å². The summed E-state index contributed by atoms with van der Waals surface area (Å²) in [5.74, 6) is 1.33. The normalized spacial score (nSPS) is 11.6. The minimum absolute atomic E-state index is 0. The van der Waals surface area contributed by atoms with E-state index in [2.05, 4.69) is 21.2 Å². The number of nitrogens with one attached hydrogen (secondary N) is 1. The predicted molar refractivity (Wildman–Crippen MR) is 112 cm³/mol. The van der Waals surface area contributed by atoms with Crippen LogP contribution in [0.25, 0.3) is 0 Å². The molecule has 0 heterocycles. The highest BCUT2D eigenvalue weighted by atomic mass is 79.9. The van der Waals surface area contributed by atoms with E-state index in [-0.39, 0.29) is 18.5 Å². The van der Waals surface area contributed by atoms with Crippen LogP contribution in [0.4, 0.5) is 0 Å². The molecule has 0 saturated heterocycles. The largest absolute Gasteiger partial charge is 0.490 e. The van der Waals surface area contributed by atoms with Crippen LogP contribution in [0.15, 0.2) is 40.9 Å². The molecule has 7 heteroatoms. The first-order valence-corrected chi connectivity index (χ1v) is 9.38. The van der Waals surface area contributed by atoms with Crippen LogP contribution in [0.2, 0.25) is 5.02 Å². The fraction of sp³-hybridized carbons (Fsp3) is 0.368. The number of halogens is 3. The molecule has 0 aliphatic carbocycles. The lowest BCUT2D eigenvalue weighted by Gasteiger charge is -2.16. The van der Waals surface area contributed by atoms with Crippen molar-refractivity contribution in [1.82, 2.24) is 5.32 Å². The Bertz CT molecular complexity index is 698. The number of hydrogen-bond donors (Lipinski definition) is 2. The Morgan fingerprint density at radius 3 is 2.62 bits per heavy atom. The molecule has 4 nitrogen and oxygen atoms in total. The van der Waals surface area contributed by atoms with Gasteiger partial charge >= 0.3 is 0 Å². The van der Waals surface area contributed by atoms with Crippen molar-refractivity contribution in [1.29, 1.82) is 0 Å². The molecule has 0 aromatic heterocycles. The maximum absolute atomic E-state index is 9.34. The van der Waals surface area contributed by atoms with Crippen molar-refractivity contribution in [3.63, 3.8) is 0 Å². The zero-order valence-corrected chi connectivity index (χ0v) is 18.0. The van der Waals surface area contributed by atoms with Gasteiger partial charge in [-0.2, -0.15) is 0 Å². The summed E-state index contributed by atoms with van der Waals surface area (Å²) >= 11 is 9.75. The highest BCUT2D eigenvalue weighted by Gasteiger charge is 2.13. The van der Waals surface area contributed by atoms with Gasteiger partial charge < -0.3 is 19.9 Å². The molecule has 26 heavy (non-hydrogen) atoms. The van der Waals surface area contributed by atoms with Crippen molar-refractivity contribution in [2.75, 3.05) is 13.2 Å². The van der Waals surface area contributed by atoms with E-state index in [1.165, 1.54) is 0 Å². The van der Waals surface area contributed by atoms with E-state index >= 15 is 0 Å². The zero-order valence-electron chi connectivity index (χ0n) is 14.8. The molecule has 0 bridgehead atoms. The van der Waals surface area contributed by atoms with Gasteiger partial charge in [-0.25, -0.2) is 0 Å². The Morgan fingerprint density at radius 2 is 1.96 bits per heavy atom. The fourth-order valence-corrected chi connectivity index (χ4v) is 3.11. The average molecular weight is 465 g/mol. The second-order valence-corrected chi connectivity index (χ2v) is 6.96. The summed E-state index contributed by atoms with van der Waals surface area (Å²) < 4.78 is 12.5. The molecular formula is C19H24BrCl2NO3. The summed E-state index contributed by atoms with van der Waals surface area (Å²) in [7, 11) is 0. The molecule has 0 saturated carbocycles. The molecule has 2 rings (SSSR count). The number of aliphatic hydroxyl groups excluding tert-OH is 1. The maximum Gasteiger partial charge on any atom is 0.175 e. The van der Waals surface area contributed by atoms with Gasteiger partial charge in [0.15, 0.2) is 11.5 Å². The van der Waals surface area contributed by atoms with Crippen LogP contribution in [0.1, 0.15) is 25.0 Å². The van der Waals surface area contributed by atoms with Crippen LogP contribution in [0.3, 0.4) is 0 Å². The summed E-state index contributed by atoms with van der Waals surface area (Å²) in [6.45, 7) is 5.75. The number of benzene rings is 2. The summed E-state index contributed by atoms with van der Waals surface area (Å²) in [5, 5.41) is 13.2. The van der Waals surface area contributed by atoms with Gasteiger partial charge in [0.05, 0.1) is 17.2 Å². The van der Waals surface area contributed by atoms with Crippen LogP contribution < -0.4 is 14.8 Å². The van der Waals surface area contributed by atoms with Crippen molar-refractivity contribution < 1.29 is 14.6 Å². The molecule has 0 spiro atoms. The molecule has 0 aliphatic heterocycles. The van der Waals surface area contributed by atoms with E-state index in [1.807, 2.05) is 43.3 Å². The topological polar surface area (TPSA) is 50.7 Å². The molecule has 0 aliphatic rings. The lowest BCUT2D eigenvalue weighted by atomic mass is 10.2.